The number of amidine groups is 1. The predicted molar refractivity (Wildman–Crippen MR) is 76.6 cm³/mol. The summed E-state index contributed by atoms with van der Waals surface area (Å²) in [7, 11) is 1.57. The van der Waals surface area contributed by atoms with Crippen molar-refractivity contribution in [2.45, 2.75) is 32.6 Å². The van der Waals surface area contributed by atoms with E-state index in [1.54, 1.807) is 14.0 Å². The molecule has 0 heterocycles. The molecule has 0 bridgehead atoms. The number of nitrogens with one attached hydrogen (secondary N) is 1. The fourth-order valence-electron chi connectivity index (χ4n) is 2.53. The van der Waals surface area contributed by atoms with Crippen molar-refractivity contribution >= 4 is 5.84 Å². The number of nitrogens with zero attached hydrogens (tertiary/aromatic N) is 2. The molecule has 0 spiro atoms. The second-order valence-electron chi connectivity index (χ2n) is 5.01. The van der Waals surface area contributed by atoms with Gasteiger partial charge in [-0.3, -0.25) is 15.1 Å². The molecule has 0 radical (unpaired) electrons. The van der Waals surface area contributed by atoms with Gasteiger partial charge in [0.15, 0.2) is 5.84 Å². The van der Waals surface area contributed by atoms with Crippen LogP contribution >= 0.6 is 0 Å². The van der Waals surface area contributed by atoms with Gasteiger partial charge in [0.05, 0.1) is 4.92 Å². The average Bonchev–Trinajstić information content (AvgIpc) is 2.43. The van der Waals surface area contributed by atoms with E-state index in [4.69, 9.17) is 5.73 Å². The van der Waals surface area contributed by atoms with Crippen LogP contribution < -0.4 is 11.1 Å². The first-order valence-electron chi connectivity index (χ1n) is 6.84. The Balaban J connectivity index is 2.45. The van der Waals surface area contributed by atoms with E-state index in [9.17, 15) is 10.1 Å². The summed E-state index contributed by atoms with van der Waals surface area (Å²) in [5.74, 6) is 1.58. The molecule has 1 fully saturated rings. The molecule has 6 heteroatoms. The van der Waals surface area contributed by atoms with Crippen molar-refractivity contribution in [1.29, 1.82) is 0 Å². The van der Waals surface area contributed by atoms with Gasteiger partial charge in [0.25, 0.3) is 0 Å². The van der Waals surface area contributed by atoms with E-state index in [-0.39, 0.29) is 5.70 Å². The third-order valence-corrected chi connectivity index (χ3v) is 3.79. The van der Waals surface area contributed by atoms with Crippen LogP contribution in [0.15, 0.2) is 16.8 Å². The van der Waals surface area contributed by atoms with Gasteiger partial charge in [-0.25, -0.2) is 0 Å². The topological polar surface area (TPSA) is 93.5 Å². The van der Waals surface area contributed by atoms with Gasteiger partial charge in [0.2, 0.25) is 0 Å². The molecule has 0 aliphatic heterocycles. The highest BCUT2D eigenvalue weighted by Gasteiger charge is 2.22. The first-order chi connectivity index (χ1) is 9.12. The molecule has 1 saturated carbocycles. The highest BCUT2D eigenvalue weighted by atomic mass is 16.6. The Labute approximate surface area is 114 Å². The van der Waals surface area contributed by atoms with Gasteiger partial charge in [-0.15, -0.1) is 0 Å². The normalized spacial score (nSPS) is 25.2. The number of hydrogen-bond acceptors (Lipinski definition) is 4. The summed E-state index contributed by atoms with van der Waals surface area (Å²) in [6.45, 7) is 3.17. The minimum atomic E-state index is -0.402. The lowest BCUT2D eigenvalue weighted by molar-refractivity contribution is -0.415. The van der Waals surface area contributed by atoms with Gasteiger partial charge in [-0.05, 0) is 57.1 Å². The predicted octanol–water partition coefficient (Wildman–Crippen LogP) is 1.55. The average molecular weight is 268 g/mol. The van der Waals surface area contributed by atoms with Crippen LogP contribution in [-0.2, 0) is 0 Å². The number of aliphatic imine (C=N–C) groups is 1. The summed E-state index contributed by atoms with van der Waals surface area (Å²) in [5.41, 5.74) is 5.71. The standard InChI is InChI=1S/C13H24N4O2/c1-3-12(17(18)19)13(15-2)16-9-11-6-4-10(8-14)5-7-11/h3,10-11H,4-9,14H2,1-2H3,(H,15,16)/b12-3+. The Morgan fingerprint density at radius 2 is 2.00 bits per heavy atom. The van der Waals surface area contributed by atoms with Gasteiger partial charge in [0, 0.05) is 13.6 Å². The van der Waals surface area contributed by atoms with E-state index >= 15 is 0 Å². The fraction of sp³-hybridized carbons (Fsp3) is 0.769. The summed E-state index contributed by atoms with van der Waals surface area (Å²) < 4.78 is 0. The molecule has 1 aliphatic carbocycles. The zero-order valence-corrected chi connectivity index (χ0v) is 11.8. The van der Waals surface area contributed by atoms with E-state index < -0.39 is 4.92 Å². The van der Waals surface area contributed by atoms with Crippen molar-refractivity contribution in [2.24, 2.45) is 22.6 Å². The summed E-state index contributed by atoms with van der Waals surface area (Å²) in [4.78, 5) is 14.4. The van der Waals surface area contributed by atoms with E-state index in [1.807, 2.05) is 0 Å². The molecular formula is C13H24N4O2. The third-order valence-electron chi connectivity index (χ3n) is 3.79. The quantitative estimate of drug-likeness (QED) is 0.342. The fourth-order valence-corrected chi connectivity index (χ4v) is 2.53. The van der Waals surface area contributed by atoms with Crippen molar-refractivity contribution in [3.63, 3.8) is 0 Å². The molecule has 0 amide bonds. The summed E-state index contributed by atoms with van der Waals surface area (Å²) in [5, 5.41) is 14.0. The minimum absolute atomic E-state index is 0.0399. The molecule has 0 unspecified atom stereocenters. The zero-order valence-electron chi connectivity index (χ0n) is 11.8. The first-order valence-corrected chi connectivity index (χ1v) is 6.84. The van der Waals surface area contributed by atoms with Crippen LogP contribution in [0.1, 0.15) is 32.6 Å². The lowest BCUT2D eigenvalue weighted by Gasteiger charge is -2.27. The second kappa shape index (κ2) is 7.89. The van der Waals surface area contributed by atoms with Crippen LogP contribution in [0.4, 0.5) is 0 Å². The molecule has 6 nitrogen and oxygen atoms in total. The molecule has 1 rings (SSSR count). The molecule has 3 N–H and O–H groups in total. The molecule has 19 heavy (non-hydrogen) atoms. The highest BCUT2D eigenvalue weighted by molar-refractivity contribution is 5.95. The lowest BCUT2D eigenvalue weighted by atomic mass is 9.82. The number of nitrogens with two attached hydrogens (primary N) is 1. The molecule has 108 valence electrons. The number of nitro groups is 1. The van der Waals surface area contributed by atoms with Crippen molar-refractivity contribution < 1.29 is 4.92 Å². The number of rotatable bonds is 5. The molecule has 0 aromatic carbocycles. The van der Waals surface area contributed by atoms with Crippen LogP contribution in [0.2, 0.25) is 0 Å². The van der Waals surface area contributed by atoms with Gasteiger partial charge in [0.1, 0.15) is 0 Å². The molecule has 0 aromatic rings. The molecule has 1 aliphatic rings. The second-order valence-corrected chi connectivity index (χ2v) is 5.01. The summed E-state index contributed by atoms with van der Waals surface area (Å²) >= 11 is 0. The van der Waals surface area contributed by atoms with E-state index in [0.717, 1.165) is 38.8 Å². The highest BCUT2D eigenvalue weighted by Crippen LogP contribution is 2.27. The first kappa shape index (κ1) is 15.6. The van der Waals surface area contributed by atoms with Gasteiger partial charge in [-0.2, -0.15) is 0 Å². The Hall–Kier alpha value is -1.43. The maximum atomic E-state index is 10.9. The van der Waals surface area contributed by atoms with Crippen LogP contribution in [0, 0.1) is 22.0 Å². The van der Waals surface area contributed by atoms with Gasteiger partial charge in [-0.1, -0.05) is 0 Å². The van der Waals surface area contributed by atoms with Crippen LogP contribution in [0.5, 0.6) is 0 Å². The lowest BCUT2D eigenvalue weighted by Crippen LogP contribution is -2.34. The molecule has 0 aromatic heterocycles. The van der Waals surface area contributed by atoms with E-state index in [1.165, 1.54) is 6.08 Å². The smallest absolute Gasteiger partial charge is 0.306 e. The van der Waals surface area contributed by atoms with Crippen LogP contribution in [0.25, 0.3) is 0 Å². The maximum absolute atomic E-state index is 10.9. The van der Waals surface area contributed by atoms with Crippen molar-refractivity contribution in [3.8, 4) is 0 Å². The Morgan fingerprint density at radius 3 is 2.42 bits per heavy atom. The zero-order chi connectivity index (χ0) is 14.3. The van der Waals surface area contributed by atoms with Crippen LogP contribution in [0.3, 0.4) is 0 Å². The SMILES string of the molecule is C/C=C(\C(=NC)NCC1CCC(CN)CC1)[N+](=O)[O-]. The van der Waals surface area contributed by atoms with Gasteiger partial charge >= 0.3 is 5.70 Å². The number of allylic oxidation sites excluding steroid dienone is 1. The van der Waals surface area contributed by atoms with E-state index in [0.29, 0.717) is 17.7 Å². The molecule has 0 saturated heterocycles. The summed E-state index contributed by atoms with van der Waals surface area (Å²) in [6.07, 6.45) is 6.06. The Morgan fingerprint density at radius 1 is 1.42 bits per heavy atom. The van der Waals surface area contributed by atoms with Crippen LogP contribution in [-0.4, -0.2) is 30.9 Å². The Kier molecular flexibility index (Phi) is 6.49. The van der Waals surface area contributed by atoms with E-state index in [2.05, 4.69) is 10.3 Å². The monoisotopic (exact) mass is 268 g/mol. The van der Waals surface area contributed by atoms with Crippen molar-refractivity contribution in [1.82, 2.24) is 5.32 Å². The maximum Gasteiger partial charge on any atom is 0.306 e. The molecular weight excluding hydrogens is 244 g/mol. The van der Waals surface area contributed by atoms with Crippen molar-refractivity contribution in [2.75, 3.05) is 20.1 Å². The summed E-state index contributed by atoms with van der Waals surface area (Å²) in [6, 6.07) is 0. The third kappa shape index (κ3) is 4.63. The molecule has 0 atom stereocenters. The minimum Gasteiger partial charge on any atom is -0.364 e. The Bertz CT molecular complexity index is 358. The number of hydrogen-bond donors (Lipinski definition) is 2. The largest absolute Gasteiger partial charge is 0.364 e. The van der Waals surface area contributed by atoms with Crippen molar-refractivity contribution in [3.05, 3.63) is 21.9 Å². The van der Waals surface area contributed by atoms with Gasteiger partial charge < -0.3 is 11.1 Å².